The molecule has 0 amide bonds. The molecule has 1 aliphatic heterocycles. The van der Waals surface area contributed by atoms with Crippen molar-refractivity contribution in [3.63, 3.8) is 0 Å². The molecule has 0 unspecified atom stereocenters. The SMILES string of the molecule is O=C(O)c1ccc2c(c1)Sc1cc3c(cc1C=C2)CCC3. The molecule has 0 bridgehead atoms. The lowest BCUT2D eigenvalue weighted by atomic mass is 10.0. The summed E-state index contributed by atoms with van der Waals surface area (Å²) in [4.78, 5) is 13.4. The van der Waals surface area contributed by atoms with Crippen LogP contribution in [0.1, 0.15) is 39.0 Å². The second-order valence-corrected chi connectivity index (χ2v) is 6.59. The molecule has 1 aliphatic carbocycles. The number of rotatable bonds is 1. The van der Waals surface area contributed by atoms with Gasteiger partial charge in [0.25, 0.3) is 0 Å². The zero-order valence-electron chi connectivity index (χ0n) is 11.4. The summed E-state index contributed by atoms with van der Waals surface area (Å²) >= 11 is 1.68. The Balaban J connectivity index is 1.83. The molecular weight excluding hydrogens is 280 g/mol. The number of carboxylic acids is 1. The molecular formula is C18H14O2S. The van der Waals surface area contributed by atoms with Crippen molar-refractivity contribution < 1.29 is 9.90 Å². The van der Waals surface area contributed by atoms with Crippen LogP contribution in [0.5, 0.6) is 0 Å². The van der Waals surface area contributed by atoms with Gasteiger partial charge in [-0.05, 0) is 59.7 Å². The number of carbonyl (C=O) groups is 1. The molecule has 4 rings (SSSR count). The van der Waals surface area contributed by atoms with Crippen molar-refractivity contribution in [2.45, 2.75) is 29.1 Å². The van der Waals surface area contributed by atoms with Gasteiger partial charge in [-0.2, -0.15) is 0 Å². The lowest BCUT2D eigenvalue weighted by Crippen LogP contribution is -1.96. The number of hydrogen-bond donors (Lipinski definition) is 1. The maximum absolute atomic E-state index is 11.1. The Kier molecular flexibility index (Phi) is 2.89. The van der Waals surface area contributed by atoms with Crippen LogP contribution in [-0.2, 0) is 12.8 Å². The molecule has 2 aromatic carbocycles. The van der Waals surface area contributed by atoms with E-state index in [2.05, 4.69) is 24.3 Å². The van der Waals surface area contributed by atoms with Crippen LogP contribution in [0, 0.1) is 0 Å². The van der Waals surface area contributed by atoms with Crippen LogP contribution in [-0.4, -0.2) is 11.1 Å². The molecule has 0 atom stereocenters. The van der Waals surface area contributed by atoms with Crippen LogP contribution >= 0.6 is 11.8 Å². The molecule has 2 aromatic rings. The molecule has 0 spiro atoms. The number of fused-ring (bicyclic) bond motifs is 3. The summed E-state index contributed by atoms with van der Waals surface area (Å²) in [5.41, 5.74) is 5.60. The fraction of sp³-hybridized carbons (Fsp3) is 0.167. The Morgan fingerprint density at radius 3 is 2.48 bits per heavy atom. The maximum atomic E-state index is 11.1. The lowest BCUT2D eigenvalue weighted by molar-refractivity contribution is 0.0696. The third-order valence-corrected chi connectivity index (χ3v) is 5.29. The van der Waals surface area contributed by atoms with Crippen LogP contribution in [0.15, 0.2) is 40.1 Å². The van der Waals surface area contributed by atoms with Crippen molar-refractivity contribution in [1.82, 2.24) is 0 Å². The van der Waals surface area contributed by atoms with Crippen LogP contribution in [0.4, 0.5) is 0 Å². The monoisotopic (exact) mass is 294 g/mol. The normalized spacial score (nSPS) is 15.0. The van der Waals surface area contributed by atoms with Crippen LogP contribution in [0.3, 0.4) is 0 Å². The second-order valence-electron chi connectivity index (χ2n) is 5.51. The first-order valence-electron chi connectivity index (χ1n) is 7.10. The minimum atomic E-state index is -0.874. The van der Waals surface area contributed by atoms with Crippen LogP contribution in [0.2, 0.25) is 0 Å². The predicted octanol–water partition coefficient (Wildman–Crippen LogP) is 4.51. The van der Waals surface area contributed by atoms with Gasteiger partial charge in [0.1, 0.15) is 0 Å². The van der Waals surface area contributed by atoms with E-state index in [0.717, 1.165) is 16.9 Å². The minimum absolute atomic E-state index is 0.347. The van der Waals surface area contributed by atoms with Gasteiger partial charge in [-0.3, -0.25) is 0 Å². The highest BCUT2D eigenvalue weighted by Gasteiger charge is 2.17. The first-order chi connectivity index (χ1) is 10.2. The van der Waals surface area contributed by atoms with Crippen molar-refractivity contribution in [3.05, 3.63) is 58.1 Å². The van der Waals surface area contributed by atoms with Crippen molar-refractivity contribution >= 4 is 29.9 Å². The quantitative estimate of drug-likeness (QED) is 0.717. The number of benzene rings is 2. The Labute approximate surface area is 127 Å². The summed E-state index contributed by atoms with van der Waals surface area (Å²) in [6.07, 6.45) is 7.81. The van der Waals surface area contributed by atoms with Gasteiger partial charge in [0.05, 0.1) is 5.56 Å². The molecule has 1 N–H and O–H groups in total. The van der Waals surface area contributed by atoms with E-state index in [1.165, 1.54) is 34.4 Å². The molecule has 1 heterocycles. The summed E-state index contributed by atoms with van der Waals surface area (Å²) in [6, 6.07) is 9.92. The van der Waals surface area contributed by atoms with Crippen LogP contribution in [0.25, 0.3) is 12.2 Å². The van der Waals surface area contributed by atoms with Gasteiger partial charge in [0.2, 0.25) is 0 Å². The van der Waals surface area contributed by atoms with E-state index >= 15 is 0 Å². The molecule has 0 radical (unpaired) electrons. The van der Waals surface area contributed by atoms with E-state index < -0.39 is 5.97 Å². The topological polar surface area (TPSA) is 37.3 Å². The second kappa shape index (κ2) is 4.78. The third kappa shape index (κ3) is 2.18. The van der Waals surface area contributed by atoms with Gasteiger partial charge in [0, 0.05) is 9.79 Å². The average molecular weight is 294 g/mol. The van der Waals surface area contributed by atoms with E-state index in [0.29, 0.717) is 5.56 Å². The van der Waals surface area contributed by atoms with Gasteiger partial charge in [-0.25, -0.2) is 4.79 Å². The van der Waals surface area contributed by atoms with E-state index in [1.807, 2.05) is 6.07 Å². The summed E-state index contributed by atoms with van der Waals surface area (Å²) in [5, 5.41) is 9.15. The molecule has 0 fully saturated rings. The Morgan fingerprint density at radius 1 is 0.952 bits per heavy atom. The molecule has 0 saturated carbocycles. The minimum Gasteiger partial charge on any atom is -0.478 e. The Bertz CT molecular complexity index is 790. The molecule has 21 heavy (non-hydrogen) atoms. The van der Waals surface area contributed by atoms with Gasteiger partial charge in [0.15, 0.2) is 0 Å². The zero-order chi connectivity index (χ0) is 14.4. The van der Waals surface area contributed by atoms with Crippen molar-refractivity contribution in [2.24, 2.45) is 0 Å². The number of carboxylic acid groups (broad SMARTS) is 1. The van der Waals surface area contributed by atoms with E-state index in [4.69, 9.17) is 5.11 Å². The molecule has 104 valence electrons. The fourth-order valence-electron chi connectivity index (χ4n) is 3.03. The smallest absolute Gasteiger partial charge is 0.335 e. The number of aryl methyl sites for hydroxylation is 2. The average Bonchev–Trinajstić information content (AvgIpc) is 2.84. The molecule has 0 saturated heterocycles. The van der Waals surface area contributed by atoms with Gasteiger partial charge in [-0.1, -0.05) is 36.0 Å². The Morgan fingerprint density at radius 2 is 1.67 bits per heavy atom. The van der Waals surface area contributed by atoms with E-state index in [1.54, 1.807) is 23.9 Å². The summed E-state index contributed by atoms with van der Waals surface area (Å²) in [6.45, 7) is 0. The van der Waals surface area contributed by atoms with Crippen LogP contribution < -0.4 is 0 Å². The van der Waals surface area contributed by atoms with E-state index in [-0.39, 0.29) is 0 Å². The first-order valence-corrected chi connectivity index (χ1v) is 7.91. The number of hydrogen-bond acceptors (Lipinski definition) is 2. The fourth-order valence-corrected chi connectivity index (χ4v) is 4.15. The Hall–Kier alpha value is -2.00. The van der Waals surface area contributed by atoms with Gasteiger partial charge < -0.3 is 5.11 Å². The third-order valence-electron chi connectivity index (χ3n) is 4.15. The zero-order valence-corrected chi connectivity index (χ0v) is 12.2. The first kappa shape index (κ1) is 12.7. The van der Waals surface area contributed by atoms with Crippen molar-refractivity contribution in [1.29, 1.82) is 0 Å². The molecule has 2 nitrogen and oxygen atoms in total. The predicted molar refractivity (Wildman–Crippen MR) is 84.9 cm³/mol. The lowest BCUT2D eigenvalue weighted by Gasteiger charge is -2.09. The largest absolute Gasteiger partial charge is 0.478 e. The highest BCUT2D eigenvalue weighted by Crippen LogP contribution is 2.40. The summed E-state index contributed by atoms with van der Waals surface area (Å²) in [5.74, 6) is -0.874. The van der Waals surface area contributed by atoms with E-state index in [9.17, 15) is 4.79 Å². The molecule has 0 aromatic heterocycles. The summed E-state index contributed by atoms with van der Waals surface area (Å²) < 4.78 is 0. The standard InChI is InChI=1S/C18H14O2S/c19-18(20)15-7-5-11-4-6-14-8-12-2-1-3-13(12)9-17(14)21-16(11)10-15/h4-10H,1-3H2,(H,19,20). The van der Waals surface area contributed by atoms with Crippen molar-refractivity contribution in [3.8, 4) is 0 Å². The molecule has 3 heteroatoms. The highest BCUT2D eigenvalue weighted by atomic mass is 32.2. The number of aromatic carboxylic acids is 1. The molecule has 2 aliphatic rings. The van der Waals surface area contributed by atoms with Gasteiger partial charge in [-0.15, -0.1) is 0 Å². The van der Waals surface area contributed by atoms with Gasteiger partial charge >= 0.3 is 5.97 Å². The van der Waals surface area contributed by atoms with Crippen molar-refractivity contribution in [2.75, 3.05) is 0 Å². The maximum Gasteiger partial charge on any atom is 0.335 e. The highest BCUT2D eigenvalue weighted by molar-refractivity contribution is 7.99. The summed E-state index contributed by atoms with van der Waals surface area (Å²) in [7, 11) is 0.